The van der Waals surface area contributed by atoms with Crippen LogP contribution >= 0.6 is 0 Å². The minimum atomic E-state index is 0.423. The number of rotatable bonds is 1. The van der Waals surface area contributed by atoms with Crippen LogP contribution in [-0.4, -0.2) is 15.0 Å². The summed E-state index contributed by atoms with van der Waals surface area (Å²) in [5.41, 5.74) is 2.81. The van der Waals surface area contributed by atoms with Crippen molar-refractivity contribution in [2.45, 2.75) is 6.42 Å². The Bertz CT molecular complexity index is 478. The van der Waals surface area contributed by atoms with Crippen molar-refractivity contribution in [3.8, 4) is 6.07 Å². The lowest BCUT2D eigenvalue weighted by molar-refractivity contribution is 0.736. The number of hydrogen-bond donors (Lipinski definition) is 0. The van der Waals surface area contributed by atoms with Crippen LogP contribution in [0.4, 0.5) is 0 Å². The van der Waals surface area contributed by atoms with Gasteiger partial charge in [0.1, 0.15) is 5.52 Å². The van der Waals surface area contributed by atoms with Crippen LogP contribution in [0.5, 0.6) is 0 Å². The van der Waals surface area contributed by atoms with E-state index in [1.54, 1.807) is 4.68 Å². The minimum Gasteiger partial charge on any atom is -0.248 e. The zero-order valence-electron chi connectivity index (χ0n) is 7.23. The largest absolute Gasteiger partial charge is 0.248 e. The lowest BCUT2D eigenvalue weighted by Crippen LogP contribution is -1.89. The lowest BCUT2D eigenvalue weighted by atomic mass is 10.1. The van der Waals surface area contributed by atoms with Crippen LogP contribution in [0, 0.1) is 11.3 Å². The van der Waals surface area contributed by atoms with Gasteiger partial charge in [-0.05, 0) is 17.7 Å². The Labute approximate surface area is 75.4 Å². The summed E-state index contributed by atoms with van der Waals surface area (Å²) in [7, 11) is 1.85. The number of nitrogens with zero attached hydrogens (tertiary/aromatic N) is 4. The second kappa shape index (κ2) is 2.87. The van der Waals surface area contributed by atoms with Crippen molar-refractivity contribution in [3.63, 3.8) is 0 Å². The van der Waals surface area contributed by atoms with E-state index in [9.17, 15) is 0 Å². The molecular formula is C9H8N4. The monoisotopic (exact) mass is 172 g/mol. The van der Waals surface area contributed by atoms with Gasteiger partial charge < -0.3 is 0 Å². The summed E-state index contributed by atoms with van der Waals surface area (Å²) < 4.78 is 1.71. The summed E-state index contributed by atoms with van der Waals surface area (Å²) in [6, 6.07) is 7.85. The first-order chi connectivity index (χ1) is 6.31. The molecule has 0 spiro atoms. The number of aryl methyl sites for hydroxylation is 1. The molecule has 2 aromatic rings. The maximum Gasteiger partial charge on any atom is 0.113 e. The van der Waals surface area contributed by atoms with Gasteiger partial charge in [0, 0.05) is 7.05 Å². The summed E-state index contributed by atoms with van der Waals surface area (Å²) in [6.45, 7) is 0. The molecule has 0 unspecified atom stereocenters. The van der Waals surface area contributed by atoms with Gasteiger partial charge in [0.25, 0.3) is 0 Å². The van der Waals surface area contributed by atoms with Crippen molar-refractivity contribution in [2.75, 3.05) is 0 Å². The normalized spacial score (nSPS) is 10.2. The second-order valence-electron chi connectivity index (χ2n) is 2.87. The molecule has 0 aliphatic rings. The Morgan fingerprint density at radius 3 is 3.15 bits per heavy atom. The van der Waals surface area contributed by atoms with Crippen LogP contribution in [0.25, 0.3) is 11.0 Å². The van der Waals surface area contributed by atoms with Gasteiger partial charge in [-0.25, -0.2) is 4.68 Å². The van der Waals surface area contributed by atoms with Crippen LogP contribution in [-0.2, 0) is 13.5 Å². The number of hydrogen-bond acceptors (Lipinski definition) is 3. The number of fused-ring (bicyclic) bond motifs is 1. The highest BCUT2D eigenvalue weighted by atomic mass is 15.4. The fourth-order valence-electron chi connectivity index (χ4n) is 1.29. The maximum atomic E-state index is 8.51. The molecule has 0 N–H and O–H groups in total. The predicted octanol–water partition coefficient (Wildman–Crippen LogP) is 1.03. The van der Waals surface area contributed by atoms with Gasteiger partial charge in [0.05, 0.1) is 18.0 Å². The van der Waals surface area contributed by atoms with Crippen molar-refractivity contribution in [3.05, 3.63) is 23.8 Å². The van der Waals surface area contributed by atoms with E-state index < -0.39 is 0 Å². The smallest absolute Gasteiger partial charge is 0.113 e. The summed E-state index contributed by atoms with van der Waals surface area (Å²) in [6.07, 6.45) is 0.423. The van der Waals surface area contributed by atoms with Gasteiger partial charge >= 0.3 is 0 Å². The Morgan fingerprint density at radius 1 is 1.54 bits per heavy atom. The number of nitriles is 1. The van der Waals surface area contributed by atoms with E-state index >= 15 is 0 Å². The molecule has 13 heavy (non-hydrogen) atoms. The van der Waals surface area contributed by atoms with E-state index in [0.29, 0.717) is 6.42 Å². The first kappa shape index (κ1) is 7.74. The molecule has 0 bridgehead atoms. The van der Waals surface area contributed by atoms with E-state index in [1.165, 1.54) is 0 Å². The minimum absolute atomic E-state index is 0.423. The van der Waals surface area contributed by atoms with E-state index in [-0.39, 0.29) is 0 Å². The quantitative estimate of drug-likeness (QED) is 0.645. The van der Waals surface area contributed by atoms with Gasteiger partial charge in [-0.15, -0.1) is 5.10 Å². The second-order valence-corrected chi connectivity index (χ2v) is 2.87. The zero-order valence-corrected chi connectivity index (χ0v) is 7.23. The van der Waals surface area contributed by atoms with Crippen LogP contribution in [0.1, 0.15) is 5.56 Å². The van der Waals surface area contributed by atoms with Crippen molar-refractivity contribution in [1.29, 1.82) is 5.26 Å². The molecule has 1 aromatic carbocycles. The Balaban J connectivity index is 2.58. The van der Waals surface area contributed by atoms with E-state index in [2.05, 4.69) is 16.4 Å². The third-order valence-corrected chi connectivity index (χ3v) is 1.96. The molecule has 1 heterocycles. The maximum absolute atomic E-state index is 8.51. The molecule has 4 heteroatoms. The van der Waals surface area contributed by atoms with Gasteiger partial charge in [-0.1, -0.05) is 11.3 Å². The molecule has 0 saturated heterocycles. The molecule has 0 amide bonds. The summed E-state index contributed by atoms with van der Waals surface area (Å²) in [5, 5.41) is 16.4. The molecule has 0 aliphatic heterocycles. The van der Waals surface area contributed by atoms with E-state index in [4.69, 9.17) is 5.26 Å². The summed E-state index contributed by atoms with van der Waals surface area (Å²) in [4.78, 5) is 0. The fourth-order valence-corrected chi connectivity index (χ4v) is 1.29. The topological polar surface area (TPSA) is 54.5 Å². The molecular weight excluding hydrogens is 164 g/mol. The Morgan fingerprint density at radius 2 is 2.38 bits per heavy atom. The van der Waals surface area contributed by atoms with Crippen LogP contribution in [0.3, 0.4) is 0 Å². The Kier molecular flexibility index (Phi) is 1.71. The first-order valence-corrected chi connectivity index (χ1v) is 3.96. The van der Waals surface area contributed by atoms with Crippen LogP contribution in [0.15, 0.2) is 18.2 Å². The molecule has 2 rings (SSSR count). The van der Waals surface area contributed by atoms with Gasteiger partial charge in [0.15, 0.2) is 0 Å². The van der Waals surface area contributed by atoms with Gasteiger partial charge in [-0.2, -0.15) is 5.26 Å². The van der Waals surface area contributed by atoms with Crippen molar-refractivity contribution in [2.24, 2.45) is 7.05 Å². The molecule has 0 radical (unpaired) electrons. The molecule has 4 nitrogen and oxygen atoms in total. The average molecular weight is 172 g/mol. The third-order valence-electron chi connectivity index (χ3n) is 1.96. The van der Waals surface area contributed by atoms with Crippen molar-refractivity contribution >= 4 is 11.0 Å². The molecule has 1 aromatic heterocycles. The van der Waals surface area contributed by atoms with E-state index in [1.807, 2.05) is 25.2 Å². The standard InChI is InChI=1S/C9H8N4/c1-13-9-3-2-7(4-5-10)6-8(9)11-12-13/h2-3,6H,4H2,1H3. The molecule has 0 saturated carbocycles. The number of benzene rings is 1. The van der Waals surface area contributed by atoms with Crippen molar-refractivity contribution in [1.82, 2.24) is 15.0 Å². The van der Waals surface area contributed by atoms with Crippen LogP contribution in [0.2, 0.25) is 0 Å². The summed E-state index contributed by atoms with van der Waals surface area (Å²) >= 11 is 0. The third kappa shape index (κ3) is 1.25. The van der Waals surface area contributed by atoms with Gasteiger partial charge in [-0.3, -0.25) is 0 Å². The summed E-state index contributed by atoms with van der Waals surface area (Å²) in [5.74, 6) is 0. The lowest BCUT2D eigenvalue weighted by Gasteiger charge is -1.94. The molecule has 0 atom stereocenters. The van der Waals surface area contributed by atoms with Crippen LogP contribution < -0.4 is 0 Å². The SMILES string of the molecule is Cn1nnc2cc(CC#N)ccc21. The highest BCUT2D eigenvalue weighted by Gasteiger charge is 2.01. The highest BCUT2D eigenvalue weighted by molar-refractivity contribution is 5.74. The average Bonchev–Trinajstić information content (AvgIpc) is 2.48. The molecule has 64 valence electrons. The zero-order chi connectivity index (χ0) is 9.26. The highest BCUT2D eigenvalue weighted by Crippen LogP contribution is 2.12. The van der Waals surface area contributed by atoms with Crippen molar-refractivity contribution < 1.29 is 0 Å². The Hall–Kier alpha value is -1.89. The van der Waals surface area contributed by atoms with E-state index in [0.717, 1.165) is 16.6 Å². The van der Waals surface area contributed by atoms with Gasteiger partial charge in [0.2, 0.25) is 0 Å². The molecule has 0 fully saturated rings. The fraction of sp³-hybridized carbons (Fsp3) is 0.222. The molecule has 0 aliphatic carbocycles. The predicted molar refractivity (Wildman–Crippen MR) is 47.8 cm³/mol. The number of aromatic nitrogens is 3. The first-order valence-electron chi connectivity index (χ1n) is 3.96.